The van der Waals surface area contributed by atoms with Gasteiger partial charge in [-0.05, 0) is 36.4 Å². The molecule has 160 valence electrons. The van der Waals surface area contributed by atoms with E-state index in [1.54, 1.807) is 0 Å². The summed E-state index contributed by atoms with van der Waals surface area (Å²) in [6, 6.07) is 22.9. The zero-order valence-electron chi connectivity index (χ0n) is 16.6. The Morgan fingerprint density at radius 1 is 0.903 bits per heavy atom. The Kier molecular flexibility index (Phi) is 6.92. The van der Waals surface area contributed by atoms with Gasteiger partial charge in [-0.1, -0.05) is 41.9 Å². The average molecular weight is 508 g/mol. The minimum Gasteiger partial charge on any atom is -1.00 e. The first-order valence-electron chi connectivity index (χ1n) is 9.39. The van der Waals surface area contributed by atoms with Crippen LogP contribution in [0.2, 0.25) is 5.02 Å². The Bertz CT molecular complexity index is 1180. The Balaban J connectivity index is 0.00000272. The normalized spacial score (nSPS) is 11.3. The van der Waals surface area contributed by atoms with Crippen LogP contribution < -0.4 is 26.4 Å². The van der Waals surface area contributed by atoms with Gasteiger partial charge in [-0.2, -0.15) is 17.7 Å². The molecule has 31 heavy (non-hydrogen) atoms. The molecule has 4 rings (SSSR count). The van der Waals surface area contributed by atoms with E-state index in [1.165, 1.54) is 12.1 Å². The van der Waals surface area contributed by atoms with E-state index in [0.29, 0.717) is 11.6 Å². The van der Waals surface area contributed by atoms with Crippen molar-refractivity contribution in [1.82, 2.24) is 0 Å². The van der Waals surface area contributed by atoms with E-state index in [0.717, 1.165) is 40.0 Å². The summed E-state index contributed by atoms with van der Waals surface area (Å²) in [6.45, 7) is 0.435. The van der Waals surface area contributed by atoms with E-state index in [1.807, 2.05) is 72.4 Å². The van der Waals surface area contributed by atoms with E-state index in [9.17, 15) is 13.2 Å². The molecule has 0 atom stereocenters. The Morgan fingerprint density at radius 3 is 2.23 bits per heavy atom. The molecule has 0 aliphatic carbocycles. The number of fused-ring (bicyclic) bond motifs is 1. The molecule has 0 saturated heterocycles. The van der Waals surface area contributed by atoms with Gasteiger partial charge in [0.2, 0.25) is 5.52 Å². The maximum absolute atomic E-state index is 12.8. The van der Waals surface area contributed by atoms with E-state index in [2.05, 4.69) is 4.90 Å². The van der Waals surface area contributed by atoms with Gasteiger partial charge in [0.25, 0.3) is 0 Å². The maximum Gasteiger partial charge on any atom is 0.416 e. The molecule has 0 amide bonds. The minimum atomic E-state index is -4.34. The highest BCUT2D eigenvalue weighted by Crippen LogP contribution is 2.31. The van der Waals surface area contributed by atoms with Gasteiger partial charge in [0.1, 0.15) is 0 Å². The summed E-state index contributed by atoms with van der Waals surface area (Å²) in [7, 11) is 2.00. The van der Waals surface area contributed by atoms with Crippen molar-refractivity contribution in [3.63, 3.8) is 0 Å². The van der Waals surface area contributed by atoms with Crippen LogP contribution in [0, 0.1) is 0 Å². The molecular weight excluding hydrogens is 489 g/mol. The fraction of sp³-hybridized carbons (Fsp3) is 0.125. The molecule has 3 aromatic carbocycles. The van der Waals surface area contributed by atoms with Crippen LogP contribution in [0.3, 0.4) is 0 Å². The van der Waals surface area contributed by atoms with Crippen LogP contribution in [0.15, 0.2) is 85.1 Å². The predicted octanol–water partition coefficient (Wildman–Crippen LogP) is 3.62. The second-order valence-electron chi connectivity index (χ2n) is 7.08. The highest BCUT2D eigenvalue weighted by Gasteiger charge is 2.30. The molecule has 0 bridgehead atoms. The Labute approximate surface area is 194 Å². The number of hydrogen-bond acceptors (Lipinski definition) is 1. The zero-order chi connectivity index (χ0) is 21.3. The third kappa shape index (κ3) is 5.02. The average Bonchev–Trinajstić information content (AvgIpc) is 2.74. The molecule has 1 heterocycles. The van der Waals surface area contributed by atoms with Crippen LogP contribution in [0.4, 0.5) is 24.5 Å². The molecule has 4 aromatic rings. The molecule has 0 fully saturated rings. The number of rotatable bonds is 4. The summed E-state index contributed by atoms with van der Waals surface area (Å²) in [5.74, 6) is 0. The molecule has 7 heteroatoms. The van der Waals surface area contributed by atoms with Gasteiger partial charge in [-0.3, -0.25) is 0 Å². The number of halogens is 5. The van der Waals surface area contributed by atoms with E-state index in [4.69, 9.17) is 11.6 Å². The second-order valence-corrected chi connectivity index (χ2v) is 7.52. The van der Waals surface area contributed by atoms with Crippen LogP contribution in [-0.4, -0.2) is 7.05 Å². The minimum absolute atomic E-state index is 0. The van der Waals surface area contributed by atoms with Crippen molar-refractivity contribution in [2.45, 2.75) is 12.7 Å². The molecular formula is C24H19BrClF3N2. The SMILES string of the molecule is CN(c1ccccc1)c1cc[n+](Cc2ccc(C(F)(F)F)cc2)c2cc(Cl)ccc12.[Br-]. The predicted molar refractivity (Wildman–Crippen MR) is 114 cm³/mol. The summed E-state index contributed by atoms with van der Waals surface area (Å²) in [4.78, 5) is 2.10. The fourth-order valence-corrected chi connectivity index (χ4v) is 3.67. The summed E-state index contributed by atoms with van der Waals surface area (Å²) in [5, 5.41) is 1.60. The summed E-state index contributed by atoms with van der Waals surface area (Å²) < 4.78 is 40.5. The number of benzene rings is 3. The Hall–Kier alpha value is -2.57. The van der Waals surface area contributed by atoms with Crippen molar-refractivity contribution >= 4 is 33.9 Å². The number of alkyl halides is 3. The molecule has 0 spiro atoms. The van der Waals surface area contributed by atoms with Crippen molar-refractivity contribution in [3.05, 3.63) is 101 Å². The van der Waals surface area contributed by atoms with Crippen LogP contribution in [0.1, 0.15) is 11.1 Å². The van der Waals surface area contributed by atoms with Crippen molar-refractivity contribution < 1.29 is 34.7 Å². The first-order valence-corrected chi connectivity index (χ1v) is 9.77. The first-order chi connectivity index (χ1) is 14.3. The standard InChI is InChI=1S/C24H19ClF3N2.BrH/c1-29(20-5-3-2-4-6-20)22-13-14-30(23-15-19(25)11-12-21(22)23)16-17-7-9-18(10-8-17)24(26,27)28;/h2-15H,16H2,1H3;1H/q+1;/p-1. The Morgan fingerprint density at radius 2 is 1.58 bits per heavy atom. The van der Waals surface area contributed by atoms with Gasteiger partial charge in [0.05, 0.1) is 16.6 Å². The fourth-order valence-electron chi connectivity index (χ4n) is 3.51. The third-order valence-corrected chi connectivity index (χ3v) is 5.33. The van der Waals surface area contributed by atoms with Gasteiger partial charge in [-0.15, -0.1) is 0 Å². The lowest BCUT2D eigenvalue weighted by atomic mass is 10.1. The molecule has 0 aliphatic rings. The van der Waals surface area contributed by atoms with Crippen LogP contribution in [0.5, 0.6) is 0 Å². The lowest BCUT2D eigenvalue weighted by Gasteiger charge is -2.20. The molecule has 0 aliphatic heterocycles. The number of aromatic nitrogens is 1. The quantitative estimate of drug-likeness (QED) is 0.383. The molecule has 0 radical (unpaired) electrons. The number of nitrogens with zero attached hydrogens (tertiary/aromatic N) is 2. The van der Waals surface area contributed by atoms with Gasteiger partial charge in [-0.25, -0.2) is 0 Å². The first kappa shape index (κ1) is 23.1. The monoisotopic (exact) mass is 506 g/mol. The van der Waals surface area contributed by atoms with E-state index in [-0.39, 0.29) is 17.0 Å². The summed E-state index contributed by atoms with van der Waals surface area (Å²) >= 11 is 6.26. The smallest absolute Gasteiger partial charge is 0.416 e. The molecule has 0 unspecified atom stereocenters. The molecule has 0 saturated carbocycles. The number of pyridine rings is 1. The lowest BCUT2D eigenvalue weighted by Crippen LogP contribution is -3.00. The van der Waals surface area contributed by atoms with Crippen molar-refractivity contribution in [1.29, 1.82) is 0 Å². The summed E-state index contributed by atoms with van der Waals surface area (Å²) in [6.07, 6.45) is -2.40. The van der Waals surface area contributed by atoms with Crippen molar-refractivity contribution in [2.75, 3.05) is 11.9 Å². The van der Waals surface area contributed by atoms with Crippen LogP contribution in [0.25, 0.3) is 10.9 Å². The van der Waals surface area contributed by atoms with Gasteiger partial charge in [0.15, 0.2) is 12.7 Å². The molecule has 0 N–H and O–H groups in total. The van der Waals surface area contributed by atoms with Crippen LogP contribution >= 0.6 is 11.6 Å². The second kappa shape index (κ2) is 9.28. The maximum atomic E-state index is 12.8. The largest absolute Gasteiger partial charge is 1.00 e. The number of hydrogen-bond donors (Lipinski definition) is 0. The van der Waals surface area contributed by atoms with E-state index >= 15 is 0 Å². The van der Waals surface area contributed by atoms with Gasteiger partial charge < -0.3 is 21.9 Å². The highest BCUT2D eigenvalue weighted by atomic mass is 79.9. The van der Waals surface area contributed by atoms with Crippen molar-refractivity contribution in [2.24, 2.45) is 0 Å². The molecule has 2 nitrogen and oxygen atoms in total. The van der Waals surface area contributed by atoms with Crippen molar-refractivity contribution in [3.8, 4) is 0 Å². The van der Waals surface area contributed by atoms with Crippen LogP contribution in [-0.2, 0) is 12.7 Å². The van der Waals surface area contributed by atoms with Gasteiger partial charge in [0, 0.05) is 35.5 Å². The topological polar surface area (TPSA) is 7.12 Å². The number of anilines is 2. The van der Waals surface area contributed by atoms with Gasteiger partial charge >= 0.3 is 6.18 Å². The third-order valence-electron chi connectivity index (χ3n) is 5.10. The molecule has 1 aromatic heterocycles. The van der Waals surface area contributed by atoms with E-state index < -0.39 is 11.7 Å². The summed E-state index contributed by atoms with van der Waals surface area (Å²) in [5.41, 5.74) is 3.09. The number of para-hydroxylation sites is 1. The lowest BCUT2D eigenvalue weighted by molar-refractivity contribution is -0.662. The highest BCUT2D eigenvalue weighted by molar-refractivity contribution is 6.31. The zero-order valence-corrected chi connectivity index (χ0v) is 18.9.